The predicted molar refractivity (Wildman–Crippen MR) is 68.4 cm³/mol. The Kier molecular flexibility index (Phi) is 3.99. The molecule has 0 bridgehead atoms. The molecule has 1 aromatic rings. The molecule has 1 aromatic carbocycles. The summed E-state index contributed by atoms with van der Waals surface area (Å²) in [5.74, 6) is 3.34. The van der Waals surface area contributed by atoms with Gasteiger partial charge in [0.1, 0.15) is 5.69 Å². The van der Waals surface area contributed by atoms with Crippen LogP contribution in [0.4, 0.5) is 14.5 Å². The second kappa shape index (κ2) is 5.52. The van der Waals surface area contributed by atoms with E-state index in [-0.39, 0.29) is 11.6 Å². The van der Waals surface area contributed by atoms with Gasteiger partial charge >= 0.3 is 0 Å². The van der Waals surface area contributed by atoms with Crippen LogP contribution in [0.25, 0.3) is 0 Å². The van der Waals surface area contributed by atoms with E-state index < -0.39 is 23.2 Å². The minimum atomic E-state index is -0.882. The minimum absolute atomic E-state index is 0.0337. The third-order valence-electron chi connectivity index (χ3n) is 3.48. The van der Waals surface area contributed by atoms with Gasteiger partial charge in [0, 0.05) is 11.6 Å². The van der Waals surface area contributed by atoms with Crippen LogP contribution in [0.3, 0.4) is 0 Å². The number of halogens is 2. The highest BCUT2D eigenvalue weighted by Gasteiger charge is 2.24. The molecule has 0 aromatic heterocycles. The Hall–Kier alpha value is -1.69. The molecule has 1 aliphatic carbocycles. The number of amides is 1. The summed E-state index contributed by atoms with van der Waals surface area (Å²) in [5.41, 5.74) is 1.45. The Morgan fingerprint density at radius 2 is 1.95 bits per heavy atom. The van der Waals surface area contributed by atoms with E-state index in [2.05, 4.69) is 12.2 Å². The van der Waals surface area contributed by atoms with Gasteiger partial charge in [-0.15, -0.1) is 0 Å². The Balaban J connectivity index is 2.11. The zero-order chi connectivity index (χ0) is 14.0. The van der Waals surface area contributed by atoms with E-state index in [0.29, 0.717) is 5.92 Å². The molecule has 0 radical (unpaired) electrons. The Morgan fingerprint density at radius 1 is 1.32 bits per heavy atom. The fourth-order valence-corrected chi connectivity index (χ4v) is 2.45. The lowest BCUT2D eigenvalue weighted by molar-refractivity contribution is 0.0936. The molecule has 0 saturated heterocycles. The van der Waals surface area contributed by atoms with E-state index in [0.717, 1.165) is 31.4 Å². The number of hydrogen-bond donors (Lipinski definition) is 3. The normalized spacial score (nSPS) is 22.3. The van der Waals surface area contributed by atoms with Crippen molar-refractivity contribution in [2.45, 2.75) is 32.2 Å². The molecule has 1 fully saturated rings. The fourth-order valence-electron chi connectivity index (χ4n) is 2.45. The van der Waals surface area contributed by atoms with Gasteiger partial charge in [0.15, 0.2) is 11.6 Å². The molecule has 104 valence electrons. The quantitative estimate of drug-likeness (QED) is 0.582. The van der Waals surface area contributed by atoms with Gasteiger partial charge < -0.3 is 10.7 Å². The highest BCUT2D eigenvalue weighted by atomic mass is 19.1. The van der Waals surface area contributed by atoms with Crippen LogP contribution in [-0.2, 0) is 0 Å². The van der Waals surface area contributed by atoms with Gasteiger partial charge in [-0.25, -0.2) is 8.78 Å². The molecule has 2 unspecified atom stereocenters. The largest absolute Gasteiger partial charge is 0.349 e. The average molecular weight is 269 g/mol. The van der Waals surface area contributed by atoms with Crippen molar-refractivity contribution in [1.82, 2.24) is 5.32 Å². The zero-order valence-corrected chi connectivity index (χ0v) is 10.7. The van der Waals surface area contributed by atoms with Crippen molar-refractivity contribution in [3.05, 3.63) is 29.3 Å². The summed E-state index contributed by atoms with van der Waals surface area (Å²) in [6.07, 6.45) is 2.86. The summed E-state index contributed by atoms with van der Waals surface area (Å²) in [4.78, 5) is 11.9. The summed E-state index contributed by atoms with van der Waals surface area (Å²) in [7, 11) is 0. The van der Waals surface area contributed by atoms with Crippen molar-refractivity contribution in [2.24, 2.45) is 11.8 Å². The molecule has 6 heteroatoms. The number of nitrogens with two attached hydrogens (primary N) is 1. The standard InChI is InChI=1S/C13H17F2N3O/c1-7-2-3-9(4-7)17-13(19)8-5-10(14)12(18-16)11(15)6-8/h5-7,9,18H,2-4,16H2,1H3,(H,17,19). The van der Waals surface area contributed by atoms with Crippen LogP contribution < -0.4 is 16.6 Å². The van der Waals surface area contributed by atoms with Crippen molar-refractivity contribution in [2.75, 3.05) is 5.43 Å². The second-order valence-electron chi connectivity index (χ2n) is 5.05. The first-order valence-corrected chi connectivity index (χ1v) is 6.27. The van der Waals surface area contributed by atoms with Gasteiger partial charge in [-0.05, 0) is 37.3 Å². The third kappa shape index (κ3) is 3.01. The summed E-state index contributed by atoms with van der Waals surface area (Å²) in [6.45, 7) is 2.12. The van der Waals surface area contributed by atoms with Crippen molar-refractivity contribution in [3.8, 4) is 0 Å². The molecular formula is C13H17F2N3O. The SMILES string of the molecule is CC1CCC(NC(=O)c2cc(F)c(NN)c(F)c2)C1. The second-order valence-corrected chi connectivity index (χ2v) is 5.05. The molecule has 1 aliphatic rings. The Bertz CT molecular complexity index is 470. The molecule has 19 heavy (non-hydrogen) atoms. The van der Waals surface area contributed by atoms with E-state index in [1.807, 2.05) is 5.43 Å². The lowest BCUT2D eigenvalue weighted by Crippen LogP contribution is -2.33. The van der Waals surface area contributed by atoms with Crippen LogP contribution in [0.1, 0.15) is 36.5 Å². The number of carbonyl (C=O) groups excluding carboxylic acids is 1. The monoisotopic (exact) mass is 269 g/mol. The zero-order valence-electron chi connectivity index (χ0n) is 10.7. The van der Waals surface area contributed by atoms with Gasteiger partial charge in [0.25, 0.3) is 5.91 Å². The first kappa shape index (κ1) is 13.7. The van der Waals surface area contributed by atoms with Gasteiger partial charge in [-0.1, -0.05) is 6.92 Å². The Labute approximate surface area is 110 Å². The number of carbonyl (C=O) groups is 1. The predicted octanol–water partition coefficient (Wildman–Crippen LogP) is 2.17. The van der Waals surface area contributed by atoms with Crippen LogP contribution >= 0.6 is 0 Å². The molecule has 1 saturated carbocycles. The van der Waals surface area contributed by atoms with Crippen molar-refractivity contribution < 1.29 is 13.6 Å². The van der Waals surface area contributed by atoms with Crippen molar-refractivity contribution in [1.29, 1.82) is 0 Å². The molecular weight excluding hydrogens is 252 g/mol. The van der Waals surface area contributed by atoms with E-state index in [1.54, 1.807) is 0 Å². The molecule has 0 heterocycles. The van der Waals surface area contributed by atoms with Gasteiger partial charge in [0.2, 0.25) is 0 Å². The first-order valence-electron chi connectivity index (χ1n) is 6.27. The van der Waals surface area contributed by atoms with Crippen LogP contribution in [-0.4, -0.2) is 11.9 Å². The number of anilines is 1. The maximum Gasteiger partial charge on any atom is 0.251 e. The van der Waals surface area contributed by atoms with Crippen LogP contribution in [0, 0.1) is 17.6 Å². The van der Waals surface area contributed by atoms with Crippen LogP contribution in [0.2, 0.25) is 0 Å². The van der Waals surface area contributed by atoms with Gasteiger partial charge in [-0.3, -0.25) is 10.6 Å². The molecule has 1 amide bonds. The summed E-state index contributed by atoms with van der Waals surface area (Å²) >= 11 is 0. The van der Waals surface area contributed by atoms with Crippen LogP contribution in [0.5, 0.6) is 0 Å². The summed E-state index contributed by atoms with van der Waals surface area (Å²) in [5, 5.41) is 2.79. The maximum absolute atomic E-state index is 13.5. The highest BCUT2D eigenvalue weighted by molar-refractivity contribution is 5.94. The number of hydrazine groups is 1. The van der Waals surface area contributed by atoms with E-state index >= 15 is 0 Å². The highest BCUT2D eigenvalue weighted by Crippen LogP contribution is 2.25. The molecule has 0 spiro atoms. The van der Waals surface area contributed by atoms with Crippen LogP contribution in [0.15, 0.2) is 12.1 Å². The number of nitrogens with one attached hydrogen (secondary N) is 2. The molecule has 0 aliphatic heterocycles. The Morgan fingerprint density at radius 3 is 2.42 bits per heavy atom. The van der Waals surface area contributed by atoms with Gasteiger partial charge in [-0.2, -0.15) is 0 Å². The molecule has 4 N–H and O–H groups in total. The number of nitrogen functional groups attached to an aromatic ring is 1. The van der Waals surface area contributed by atoms with E-state index in [1.165, 1.54) is 0 Å². The maximum atomic E-state index is 13.5. The van der Waals surface area contributed by atoms with Gasteiger partial charge in [0.05, 0.1) is 0 Å². The minimum Gasteiger partial charge on any atom is -0.349 e. The smallest absolute Gasteiger partial charge is 0.251 e. The van der Waals surface area contributed by atoms with Crippen molar-refractivity contribution >= 4 is 11.6 Å². The first-order chi connectivity index (χ1) is 9.01. The topological polar surface area (TPSA) is 67.2 Å². The van der Waals surface area contributed by atoms with E-state index in [4.69, 9.17) is 5.84 Å². The lowest BCUT2D eigenvalue weighted by Gasteiger charge is -2.13. The summed E-state index contributed by atoms with van der Waals surface area (Å²) in [6, 6.07) is 2.04. The lowest BCUT2D eigenvalue weighted by atomic mass is 10.1. The fraction of sp³-hybridized carbons (Fsp3) is 0.462. The van der Waals surface area contributed by atoms with E-state index in [9.17, 15) is 13.6 Å². The average Bonchev–Trinajstić information content (AvgIpc) is 2.74. The number of rotatable bonds is 3. The third-order valence-corrected chi connectivity index (χ3v) is 3.48. The number of hydrogen-bond acceptors (Lipinski definition) is 3. The number of benzene rings is 1. The molecule has 2 rings (SSSR count). The molecule has 2 atom stereocenters. The molecule has 4 nitrogen and oxygen atoms in total. The van der Waals surface area contributed by atoms with Crippen molar-refractivity contribution in [3.63, 3.8) is 0 Å². The summed E-state index contributed by atoms with van der Waals surface area (Å²) < 4.78 is 27.0.